The van der Waals surface area contributed by atoms with Crippen LogP contribution in [0.2, 0.25) is 0 Å². The van der Waals surface area contributed by atoms with Crippen LogP contribution in [0.25, 0.3) is 0 Å². The minimum atomic E-state index is -0.168. The molecule has 3 aromatic carbocycles. The van der Waals surface area contributed by atoms with E-state index in [0.717, 1.165) is 21.1 Å². The summed E-state index contributed by atoms with van der Waals surface area (Å²) in [4.78, 5) is 14.4. The number of hydrogen-bond donors (Lipinski definition) is 1. The fourth-order valence-electron chi connectivity index (χ4n) is 2.63. The molecule has 0 saturated heterocycles. The van der Waals surface area contributed by atoms with Gasteiger partial charge < -0.3 is 10.1 Å². The normalized spacial score (nSPS) is 10.1. The first-order valence-corrected chi connectivity index (χ1v) is 9.20. The van der Waals surface area contributed by atoms with Gasteiger partial charge in [0.1, 0.15) is 11.8 Å². The zero-order chi connectivity index (χ0) is 19.1. The van der Waals surface area contributed by atoms with Crippen molar-refractivity contribution in [3.63, 3.8) is 0 Å². The number of rotatable bonds is 6. The van der Waals surface area contributed by atoms with Gasteiger partial charge in [-0.3, -0.25) is 4.79 Å². The molecule has 0 aliphatic rings. The van der Waals surface area contributed by atoms with E-state index in [1.807, 2.05) is 60.7 Å². The lowest BCUT2D eigenvalue weighted by Crippen LogP contribution is -2.23. The highest BCUT2D eigenvalue weighted by Crippen LogP contribution is 2.32. The largest absolute Gasteiger partial charge is 0.496 e. The van der Waals surface area contributed by atoms with Gasteiger partial charge in [-0.2, -0.15) is 5.26 Å². The molecular weight excluding hydrogens is 356 g/mol. The Kier molecular flexibility index (Phi) is 6.14. The number of hydrogen-bond acceptors (Lipinski definition) is 4. The number of nitriles is 1. The van der Waals surface area contributed by atoms with E-state index in [-0.39, 0.29) is 5.91 Å². The Labute approximate surface area is 162 Å². The minimum absolute atomic E-state index is 0.168. The SMILES string of the molecule is COc1ccccc1CNC(=O)c1ccccc1Sc1ccccc1C#N. The van der Waals surface area contributed by atoms with Gasteiger partial charge in [0.2, 0.25) is 0 Å². The Morgan fingerprint density at radius 1 is 1.00 bits per heavy atom. The number of nitrogens with zero attached hydrogens (tertiary/aromatic N) is 1. The number of ether oxygens (including phenoxy) is 1. The summed E-state index contributed by atoms with van der Waals surface area (Å²) in [6, 6.07) is 24.5. The first-order valence-electron chi connectivity index (χ1n) is 8.39. The molecule has 0 aliphatic carbocycles. The van der Waals surface area contributed by atoms with Gasteiger partial charge in [0.15, 0.2) is 0 Å². The van der Waals surface area contributed by atoms with E-state index in [1.54, 1.807) is 19.2 Å². The Balaban J connectivity index is 1.79. The maximum absolute atomic E-state index is 12.8. The monoisotopic (exact) mass is 374 g/mol. The summed E-state index contributed by atoms with van der Waals surface area (Å²) in [5.41, 5.74) is 2.07. The van der Waals surface area contributed by atoms with Gasteiger partial charge in [-0.25, -0.2) is 0 Å². The third-order valence-corrected chi connectivity index (χ3v) is 5.14. The molecular formula is C22H18N2O2S. The van der Waals surface area contributed by atoms with Gasteiger partial charge in [-0.05, 0) is 30.3 Å². The van der Waals surface area contributed by atoms with Crippen LogP contribution in [0.1, 0.15) is 21.5 Å². The van der Waals surface area contributed by atoms with Gasteiger partial charge in [-0.15, -0.1) is 0 Å². The standard InChI is InChI=1S/C22H18N2O2S/c1-26-19-11-5-2-9-17(19)15-24-22(25)18-10-4-7-13-21(18)27-20-12-6-3-8-16(20)14-23/h2-13H,15H2,1H3,(H,24,25). The molecule has 0 radical (unpaired) electrons. The highest BCUT2D eigenvalue weighted by Gasteiger charge is 2.14. The summed E-state index contributed by atoms with van der Waals surface area (Å²) in [7, 11) is 1.61. The maximum Gasteiger partial charge on any atom is 0.252 e. The molecule has 0 heterocycles. The predicted molar refractivity (Wildman–Crippen MR) is 106 cm³/mol. The molecule has 0 bridgehead atoms. The fourth-order valence-corrected chi connectivity index (χ4v) is 3.65. The number of nitrogens with one attached hydrogen (secondary N) is 1. The van der Waals surface area contributed by atoms with Crippen LogP contribution in [-0.2, 0) is 6.54 Å². The molecule has 27 heavy (non-hydrogen) atoms. The molecule has 3 aromatic rings. The Morgan fingerprint density at radius 2 is 1.67 bits per heavy atom. The molecule has 4 nitrogen and oxygen atoms in total. The van der Waals surface area contributed by atoms with Gasteiger partial charge in [0.05, 0.1) is 18.2 Å². The van der Waals surface area contributed by atoms with Crippen LogP contribution in [0.5, 0.6) is 5.75 Å². The molecule has 1 amide bonds. The van der Waals surface area contributed by atoms with Crippen LogP contribution in [-0.4, -0.2) is 13.0 Å². The Hall–Kier alpha value is -3.23. The summed E-state index contributed by atoms with van der Waals surface area (Å²) in [6.45, 7) is 0.372. The number of methoxy groups -OCH3 is 1. The lowest BCUT2D eigenvalue weighted by atomic mass is 10.1. The van der Waals surface area contributed by atoms with Gasteiger partial charge >= 0.3 is 0 Å². The summed E-state index contributed by atoms with van der Waals surface area (Å²) in [6.07, 6.45) is 0. The second kappa shape index (κ2) is 8.93. The molecule has 5 heteroatoms. The van der Waals surface area contributed by atoms with Crippen molar-refractivity contribution in [3.05, 3.63) is 89.5 Å². The van der Waals surface area contributed by atoms with E-state index in [2.05, 4.69) is 11.4 Å². The molecule has 3 rings (SSSR count). The number of amides is 1. The van der Waals surface area contributed by atoms with Crippen molar-refractivity contribution in [1.29, 1.82) is 5.26 Å². The first kappa shape index (κ1) is 18.6. The Morgan fingerprint density at radius 3 is 2.44 bits per heavy atom. The number of carbonyl (C=O) groups excluding carboxylic acids is 1. The molecule has 0 unspecified atom stereocenters. The maximum atomic E-state index is 12.8. The quantitative estimate of drug-likeness (QED) is 0.682. The smallest absolute Gasteiger partial charge is 0.252 e. The van der Waals surface area contributed by atoms with Gasteiger partial charge in [-0.1, -0.05) is 54.2 Å². The van der Waals surface area contributed by atoms with Gasteiger partial charge in [0.25, 0.3) is 5.91 Å². The van der Waals surface area contributed by atoms with Crippen LogP contribution in [0.3, 0.4) is 0 Å². The lowest BCUT2D eigenvalue weighted by Gasteiger charge is -2.12. The summed E-state index contributed by atoms with van der Waals surface area (Å²) >= 11 is 1.42. The average molecular weight is 374 g/mol. The fraction of sp³-hybridized carbons (Fsp3) is 0.0909. The molecule has 0 aromatic heterocycles. The average Bonchev–Trinajstić information content (AvgIpc) is 2.73. The lowest BCUT2D eigenvalue weighted by molar-refractivity contribution is 0.0948. The van der Waals surface area contributed by atoms with Crippen molar-refractivity contribution in [2.24, 2.45) is 0 Å². The molecule has 134 valence electrons. The van der Waals surface area contributed by atoms with Crippen LogP contribution in [0.4, 0.5) is 0 Å². The number of benzene rings is 3. The molecule has 0 saturated carbocycles. The highest BCUT2D eigenvalue weighted by atomic mass is 32.2. The zero-order valence-corrected chi connectivity index (χ0v) is 15.6. The van der Waals surface area contributed by atoms with Crippen LogP contribution in [0.15, 0.2) is 82.6 Å². The zero-order valence-electron chi connectivity index (χ0n) is 14.8. The predicted octanol–water partition coefficient (Wildman–Crippen LogP) is 4.65. The molecule has 1 N–H and O–H groups in total. The van der Waals surface area contributed by atoms with Gasteiger partial charge in [0, 0.05) is 21.9 Å². The summed E-state index contributed by atoms with van der Waals surface area (Å²) in [5, 5.41) is 12.2. The summed E-state index contributed by atoms with van der Waals surface area (Å²) in [5.74, 6) is 0.571. The van der Waals surface area contributed by atoms with E-state index in [0.29, 0.717) is 17.7 Å². The third kappa shape index (κ3) is 4.49. The van der Waals surface area contributed by atoms with E-state index in [4.69, 9.17) is 4.74 Å². The van der Waals surface area contributed by atoms with Crippen molar-refractivity contribution in [2.75, 3.05) is 7.11 Å². The van der Waals surface area contributed by atoms with Crippen molar-refractivity contribution >= 4 is 17.7 Å². The molecule has 0 fully saturated rings. The molecule has 0 aliphatic heterocycles. The number of carbonyl (C=O) groups is 1. The minimum Gasteiger partial charge on any atom is -0.496 e. The highest BCUT2D eigenvalue weighted by molar-refractivity contribution is 7.99. The molecule has 0 atom stereocenters. The van der Waals surface area contributed by atoms with Crippen LogP contribution < -0.4 is 10.1 Å². The van der Waals surface area contributed by atoms with E-state index >= 15 is 0 Å². The van der Waals surface area contributed by atoms with Crippen LogP contribution in [0, 0.1) is 11.3 Å². The van der Waals surface area contributed by atoms with Crippen molar-refractivity contribution < 1.29 is 9.53 Å². The second-order valence-corrected chi connectivity index (χ2v) is 6.78. The van der Waals surface area contributed by atoms with Crippen molar-refractivity contribution in [2.45, 2.75) is 16.3 Å². The number of para-hydroxylation sites is 1. The van der Waals surface area contributed by atoms with E-state index < -0.39 is 0 Å². The van der Waals surface area contributed by atoms with Crippen molar-refractivity contribution in [3.8, 4) is 11.8 Å². The van der Waals surface area contributed by atoms with Crippen LogP contribution >= 0.6 is 11.8 Å². The first-order chi connectivity index (χ1) is 13.2. The Bertz CT molecular complexity index is 995. The third-order valence-electron chi connectivity index (χ3n) is 3.99. The summed E-state index contributed by atoms with van der Waals surface area (Å²) < 4.78 is 5.33. The topological polar surface area (TPSA) is 62.1 Å². The second-order valence-electron chi connectivity index (χ2n) is 5.70. The van der Waals surface area contributed by atoms with E-state index in [9.17, 15) is 10.1 Å². The van der Waals surface area contributed by atoms with Crippen molar-refractivity contribution in [1.82, 2.24) is 5.32 Å². The van der Waals surface area contributed by atoms with E-state index in [1.165, 1.54) is 11.8 Å². The molecule has 0 spiro atoms.